The van der Waals surface area contributed by atoms with Gasteiger partial charge >= 0.3 is 0 Å². The Morgan fingerprint density at radius 1 is 1.53 bits per heavy atom. The van der Waals surface area contributed by atoms with E-state index in [2.05, 4.69) is 20.7 Å². The average Bonchev–Trinajstić information content (AvgIpc) is 2.84. The van der Waals surface area contributed by atoms with Crippen molar-refractivity contribution in [3.05, 3.63) is 17.3 Å². The molecule has 7 nitrogen and oxygen atoms in total. The van der Waals surface area contributed by atoms with Crippen LogP contribution in [0.25, 0.3) is 0 Å². The molecule has 0 spiro atoms. The smallest absolute Gasteiger partial charge is 0.269 e. The minimum absolute atomic E-state index is 0.231. The molecule has 19 heavy (non-hydrogen) atoms. The molecule has 0 aromatic carbocycles. The van der Waals surface area contributed by atoms with E-state index in [9.17, 15) is 4.79 Å². The van der Waals surface area contributed by atoms with Gasteiger partial charge in [0, 0.05) is 19.3 Å². The first kappa shape index (κ1) is 13.3. The first-order valence-corrected chi connectivity index (χ1v) is 6.60. The van der Waals surface area contributed by atoms with Crippen molar-refractivity contribution in [1.29, 1.82) is 0 Å². The predicted molar refractivity (Wildman–Crippen MR) is 76.4 cm³/mol. The van der Waals surface area contributed by atoms with Crippen LogP contribution < -0.4 is 16.4 Å². The summed E-state index contributed by atoms with van der Waals surface area (Å²) in [4.78, 5) is 16.6. The highest BCUT2D eigenvalue weighted by molar-refractivity contribution is 7.18. The normalized spacial score (nSPS) is 10.7. The van der Waals surface area contributed by atoms with Crippen LogP contribution in [0, 0.1) is 0 Å². The molecule has 2 aromatic heterocycles. The number of hydrogen-bond acceptors (Lipinski definition) is 6. The minimum atomic E-state index is -0.278. The Morgan fingerprint density at radius 3 is 2.84 bits per heavy atom. The van der Waals surface area contributed by atoms with Crippen molar-refractivity contribution in [2.45, 2.75) is 19.9 Å². The zero-order chi connectivity index (χ0) is 14.0. The van der Waals surface area contributed by atoms with E-state index < -0.39 is 0 Å². The fourth-order valence-electron chi connectivity index (χ4n) is 1.48. The third kappa shape index (κ3) is 3.22. The molecular weight excluding hydrogens is 264 g/mol. The Labute approximate surface area is 114 Å². The summed E-state index contributed by atoms with van der Waals surface area (Å²) < 4.78 is 1.61. The molecular formula is C11H16N6OS. The van der Waals surface area contributed by atoms with Crippen LogP contribution in [0.3, 0.4) is 0 Å². The molecule has 102 valence electrons. The van der Waals surface area contributed by atoms with Gasteiger partial charge in [0.15, 0.2) is 5.13 Å². The number of carbonyl (C=O) groups excluding carboxylic acids is 1. The number of amides is 1. The third-order valence-corrected chi connectivity index (χ3v) is 3.24. The molecule has 0 bridgehead atoms. The van der Waals surface area contributed by atoms with Gasteiger partial charge in [-0.15, -0.1) is 0 Å². The molecule has 0 aliphatic carbocycles. The number of nitrogens with zero attached hydrogens (tertiary/aromatic N) is 3. The largest absolute Gasteiger partial charge is 0.382 e. The molecule has 2 rings (SSSR count). The summed E-state index contributed by atoms with van der Waals surface area (Å²) in [6.07, 6.45) is 3.28. The number of nitrogens with two attached hydrogens (primary N) is 1. The Hall–Kier alpha value is -2.09. The maximum Gasteiger partial charge on any atom is 0.269 e. The van der Waals surface area contributed by atoms with Gasteiger partial charge < -0.3 is 16.4 Å². The number of aromatic nitrogens is 3. The summed E-state index contributed by atoms with van der Waals surface area (Å²) in [5.74, 6) is -0.0469. The van der Waals surface area contributed by atoms with Gasteiger partial charge in [-0.3, -0.25) is 9.48 Å². The van der Waals surface area contributed by atoms with Crippen LogP contribution in [0.1, 0.15) is 23.5 Å². The van der Waals surface area contributed by atoms with Gasteiger partial charge in [-0.05, 0) is 13.8 Å². The summed E-state index contributed by atoms with van der Waals surface area (Å²) in [5.41, 5.74) is 6.38. The molecule has 0 fully saturated rings. The summed E-state index contributed by atoms with van der Waals surface area (Å²) in [6.45, 7) is 3.99. The van der Waals surface area contributed by atoms with Crippen molar-refractivity contribution < 1.29 is 4.79 Å². The van der Waals surface area contributed by atoms with Crippen LogP contribution in [0.5, 0.6) is 0 Å². The van der Waals surface area contributed by atoms with E-state index in [4.69, 9.17) is 5.73 Å². The number of nitrogens with one attached hydrogen (secondary N) is 2. The molecule has 8 heteroatoms. The highest BCUT2D eigenvalue weighted by atomic mass is 32.1. The number of aryl methyl sites for hydroxylation is 1. The van der Waals surface area contributed by atoms with Gasteiger partial charge in [-0.25, -0.2) is 4.98 Å². The maximum absolute atomic E-state index is 12.1. The Bertz CT molecular complexity index is 588. The molecule has 0 unspecified atom stereocenters. The summed E-state index contributed by atoms with van der Waals surface area (Å²) in [7, 11) is 1.78. The van der Waals surface area contributed by atoms with Crippen molar-refractivity contribution in [2.75, 3.05) is 16.4 Å². The lowest BCUT2D eigenvalue weighted by Gasteiger charge is -2.03. The zero-order valence-electron chi connectivity index (χ0n) is 11.0. The molecule has 0 saturated carbocycles. The summed E-state index contributed by atoms with van der Waals surface area (Å²) >= 11 is 1.24. The van der Waals surface area contributed by atoms with E-state index in [1.165, 1.54) is 11.3 Å². The molecule has 2 aromatic rings. The van der Waals surface area contributed by atoms with Crippen LogP contribution in [0.15, 0.2) is 12.4 Å². The lowest BCUT2D eigenvalue weighted by atomic mass is 10.4. The van der Waals surface area contributed by atoms with Crippen molar-refractivity contribution >= 4 is 33.9 Å². The first-order chi connectivity index (χ1) is 8.95. The molecule has 0 saturated heterocycles. The molecule has 4 N–H and O–H groups in total. The number of carbonyl (C=O) groups is 1. The van der Waals surface area contributed by atoms with Crippen LogP contribution in [0.2, 0.25) is 0 Å². The lowest BCUT2D eigenvalue weighted by molar-refractivity contribution is 0.103. The monoisotopic (exact) mass is 280 g/mol. The number of thiazole rings is 1. The summed E-state index contributed by atoms with van der Waals surface area (Å²) in [5, 5.41) is 10.5. The number of nitrogen functional groups attached to an aromatic ring is 1. The van der Waals surface area contributed by atoms with E-state index in [1.54, 1.807) is 24.1 Å². The number of anilines is 3. The molecule has 0 radical (unpaired) electrons. The van der Waals surface area contributed by atoms with Gasteiger partial charge in [0.1, 0.15) is 10.7 Å². The van der Waals surface area contributed by atoms with E-state index in [1.807, 2.05) is 13.8 Å². The highest BCUT2D eigenvalue weighted by Gasteiger charge is 2.17. The van der Waals surface area contributed by atoms with Crippen LogP contribution in [0.4, 0.5) is 16.6 Å². The van der Waals surface area contributed by atoms with Crippen molar-refractivity contribution in [1.82, 2.24) is 14.8 Å². The van der Waals surface area contributed by atoms with Crippen LogP contribution >= 0.6 is 11.3 Å². The SMILES string of the molecule is CC(C)Nc1nc(N)c(C(=O)Nc2cnn(C)c2)s1. The van der Waals surface area contributed by atoms with Crippen molar-refractivity contribution in [3.8, 4) is 0 Å². The number of hydrogen-bond donors (Lipinski definition) is 3. The maximum atomic E-state index is 12.1. The van der Waals surface area contributed by atoms with E-state index >= 15 is 0 Å². The second-order valence-electron chi connectivity index (χ2n) is 4.39. The molecule has 0 aliphatic heterocycles. The van der Waals surface area contributed by atoms with Gasteiger partial charge in [0.25, 0.3) is 5.91 Å². The molecule has 0 atom stereocenters. The molecule has 1 amide bonds. The topological polar surface area (TPSA) is 97.9 Å². The molecule has 0 aliphatic rings. The van der Waals surface area contributed by atoms with Crippen molar-refractivity contribution in [2.24, 2.45) is 7.05 Å². The quantitative estimate of drug-likeness (QED) is 0.789. The Kier molecular flexibility index (Phi) is 3.70. The fraction of sp³-hybridized carbons (Fsp3) is 0.364. The average molecular weight is 280 g/mol. The zero-order valence-corrected chi connectivity index (χ0v) is 11.8. The van der Waals surface area contributed by atoms with Crippen molar-refractivity contribution in [3.63, 3.8) is 0 Å². The van der Waals surface area contributed by atoms with Gasteiger partial charge in [0.2, 0.25) is 0 Å². The first-order valence-electron chi connectivity index (χ1n) is 5.78. The van der Waals surface area contributed by atoms with Gasteiger partial charge in [-0.2, -0.15) is 5.10 Å². The summed E-state index contributed by atoms with van der Waals surface area (Å²) in [6, 6.07) is 0.236. The second kappa shape index (κ2) is 5.27. The highest BCUT2D eigenvalue weighted by Crippen LogP contribution is 2.26. The Balaban J connectivity index is 2.12. The van der Waals surface area contributed by atoms with Gasteiger partial charge in [-0.1, -0.05) is 11.3 Å². The van der Waals surface area contributed by atoms with E-state index in [0.29, 0.717) is 15.7 Å². The fourth-order valence-corrected chi connectivity index (χ4v) is 2.40. The lowest BCUT2D eigenvalue weighted by Crippen LogP contribution is -2.11. The van der Waals surface area contributed by atoms with Crippen LogP contribution in [-0.2, 0) is 7.05 Å². The van der Waals surface area contributed by atoms with Crippen LogP contribution in [-0.4, -0.2) is 26.7 Å². The third-order valence-electron chi connectivity index (χ3n) is 2.23. The molecule has 2 heterocycles. The Morgan fingerprint density at radius 2 is 2.26 bits per heavy atom. The standard InChI is InChI=1S/C11H16N6OS/c1-6(2)14-11-16-9(12)8(19-11)10(18)15-7-4-13-17(3)5-7/h4-6H,12H2,1-3H3,(H,14,16)(H,15,18). The van der Waals surface area contributed by atoms with Gasteiger partial charge in [0.05, 0.1) is 11.9 Å². The predicted octanol–water partition coefficient (Wildman–Crippen LogP) is 1.53. The minimum Gasteiger partial charge on any atom is -0.382 e. The van der Waals surface area contributed by atoms with E-state index in [0.717, 1.165) is 0 Å². The van der Waals surface area contributed by atoms with E-state index in [-0.39, 0.29) is 17.8 Å². The second-order valence-corrected chi connectivity index (χ2v) is 5.39. The number of rotatable bonds is 4.